The van der Waals surface area contributed by atoms with Crippen molar-refractivity contribution < 1.29 is 14.2 Å². The Morgan fingerprint density at radius 2 is 2.05 bits per heavy atom. The summed E-state index contributed by atoms with van der Waals surface area (Å²) in [6.07, 6.45) is 1.95. The minimum atomic E-state index is -0.314. The molecule has 1 N–H and O–H groups in total. The van der Waals surface area contributed by atoms with Gasteiger partial charge >= 0.3 is 0 Å². The molecular formula is C16H14FNO2. The topological polar surface area (TPSA) is 34.4 Å². The normalized spacial score (nSPS) is 10.9. The summed E-state index contributed by atoms with van der Waals surface area (Å²) in [5.74, 6) is 0.419. The van der Waals surface area contributed by atoms with Crippen molar-refractivity contribution >= 4 is 10.9 Å². The summed E-state index contributed by atoms with van der Waals surface area (Å²) < 4.78 is 20.6. The van der Waals surface area contributed by atoms with Crippen LogP contribution >= 0.6 is 0 Å². The van der Waals surface area contributed by atoms with Gasteiger partial charge in [0.05, 0.1) is 5.52 Å². The molecule has 4 heteroatoms. The van der Waals surface area contributed by atoms with Gasteiger partial charge in [0.15, 0.2) is 0 Å². The highest BCUT2D eigenvalue weighted by Crippen LogP contribution is 2.25. The highest BCUT2D eigenvalue weighted by molar-refractivity contribution is 5.85. The van der Waals surface area contributed by atoms with Crippen molar-refractivity contribution in [2.24, 2.45) is 7.05 Å². The molecular weight excluding hydrogens is 257 g/mol. The summed E-state index contributed by atoms with van der Waals surface area (Å²) >= 11 is 0. The number of aromatic nitrogens is 1. The predicted octanol–water partition coefficient (Wildman–Crippen LogP) is 3.60. The maximum absolute atomic E-state index is 13.1. The van der Waals surface area contributed by atoms with Gasteiger partial charge in [0.2, 0.25) is 0 Å². The number of phenols is 1. The van der Waals surface area contributed by atoms with Crippen molar-refractivity contribution in [3.8, 4) is 11.5 Å². The monoisotopic (exact) mass is 271 g/mol. The van der Waals surface area contributed by atoms with Gasteiger partial charge in [-0.1, -0.05) is 6.07 Å². The average molecular weight is 271 g/mol. The van der Waals surface area contributed by atoms with Crippen LogP contribution in [0.2, 0.25) is 0 Å². The van der Waals surface area contributed by atoms with Crippen LogP contribution in [-0.2, 0) is 13.7 Å². The molecule has 0 spiro atoms. The van der Waals surface area contributed by atoms with Crippen LogP contribution in [0, 0.1) is 5.82 Å². The van der Waals surface area contributed by atoms with Gasteiger partial charge in [-0.3, -0.25) is 0 Å². The number of halogens is 1. The van der Waals surface area contributed by atoms with Crippen LogP contribution in [0.5, 0.6) is 11.5 Å². The second-order valence-electron chi connectivity index (χ2n) is 4.71. The number of hydrogen-bond acceptors (Lipinski definition) is 2. The van der Waals surface area contributed by atoms with Crippen LogP contribution in [-0.4, -0.2) is 9.67 Å². The molecule has 3 aromatic rings. The Morgan fingerprint density at radius 1 is 1.20 bits per heavy atom. The number of benzene rings is 2. The van der Waals surface area contributed by atoms with Crippen molar-refractivity contribution in [3.05, 3.63) is 60.0 Å². The average Bonchev–Trinajstić information content (AvgIpc) is 2.73. The lowest BCUT2D eigenvalue weighted by atomic mass is 10.2. The molecule has 1 heterocycles. The fourth-order valence-electron chi connectivity index (χ4n) is 2.29. The van der Waals surface area contributed by atoms with Crippen LogP contribution in [0.4, 0.5) is 4.39 Å². The van der Waals surface area contributed by atoms with Crippen molar-refractivity contribution in [1.29, 1.82) is 0 Å². The van der Waals surface area contributed by atoms with E-state index in [0.717, 1.165) is 16.5 Å². The number of aromatic hydroxyl groups is 1. The van der Waals surface area contributed by atoms with Crippen LogP contribution in [0.15, 0.2) is 48.7 Å². The van der Waals surface area contributed by atoms with Crippen LogP contribution in [0.25, 0.3) is 10.9 Å². The smallest absolute Gasteiger partial charge is 0.126 e. The van der Waals surface area contributed by atoms with Crippen molar-refractivity contribution in [3.63, 3.8) is 0 Å². The number of ether oxygens (including phenoxy) is 1. The van der Waals surface area contributed by atoms with Gasteiger partial charge in [-0.15, -0.1) is 0 Å². The van der Waals surface area contributed by atoms with Crippen LogP contribution in [0.3, 0.4) is 0 Å². The minimum Gasteiger partial charge on any atom is -0.508 e. The summed E-state index contributed by atoms with van der Waals surface area (Å²) in [5, 5.41) is 10.5. The Kier molecular flexibility index (Phi) is 3.06. The van der Waals surface area contributed by atoms with E-state index in [9.17, 15) is 9.50 Å². The summed E-state index contributed by atoms with van der Waals surface area (Å²) in [5.41, 5.74) is 1.93. The molecule has 3 nitrogen and oxygen atoms in total. The van der Waals surface area contributed by atoms with Crippen molar-refractivity contribution in [2.45, 2.75) is 6.61 Å². The molecule has 102 valence electrons. The van der Waals surface area contributed by atoms with Gasteiger partial charge < -0.3 is 14.4 Å². The molecule has 0 bridgehead atoms. The van der Waals surface area contributed by atoms with E-state index in [-0.39, 0.29) is 11.6 Å². The van der Waals surface area contributed by atoms with Gasteiger partial charge in [-0.2, -0.15) is 0 Å². The van der Waals surface area contributed by atoms with Crippen molar-refractivity contribution in [1.82, 2.24) is 4.57 Å². The first kappa shape index (κ1) is 12.5. The van der Waals surface area contributed by atoms with Crippen molar-refractivity contribution in [2.75, 3.05) is 0 Å². The van der Waals surface area contributed by atoms with Crippen LogP contribution < -0.4 is 4.74 Å². The standard InChI is InChI=1S/C16H14FNO2/c1-18-9-11(15-6-5-13(19)8-16(15)18)10-20-14-4-2-3-12(17)7-14/h2-9,19H,10H2,1H3. The highest BCUT2D eigenvalue weighted by Gasteiger charge is 2.08. The van der Waals surface area contributed by atoms with Gasteiger partial charge in [0, 0.05) is 36.3 Å². The molecule has 0 aliphatic carbocycles. The summed E-state index contributed by atoms with van der Waals surface area (Å²) in [6.45, 7) is 0.353. The molecule has 0 aliphatic rings. The lowest BCUT2D eigenvalue weighted by Gasteiger charge is -2.05. The van der Waals surface area contributed by atoms with E-state index in [1.54, 1.807) is 24.3 Å². The fraction of sp³-hybridized carbons (Fsp3) is 0.125. The molecule has 0 radical (unpaired) electrons. The zero-order chi connectivity index (χ0) is 14.1. The second kappa shape index (κ2) is 4.89. The maximum Gasteiger partial charge on any atom is 0.126 e. The fourth-order valence-corrected chi connectivity index (χ4v) is 2.29. The molecule has 20 heavy (non-hydrogen) atoms. The summed E-state index contributed by atoms with van der Waals surface area (Å²) in [7, 11) is 1.91. The number of nitrogens with zero attached hydrogens (tertiary/aromatic N) is 1. The zero-order valence-corrected chi connectivity index (χ0v) is 11.0. The lowest BCUT2D eigenvalue weighted by Crippen LogP contribution is -1.94. The van der Waals surface area contributed by atoms with Crippen LogP contribution in [0.1, 0.15) is 5.56 Å². The third-order valence-corrected chi connectivity index (χ3v) is 3.25. The molecule has 0 unspecified atom stereocenters. The first-order valence-corrected chi connectivity index (χ1v) is 6.29. The van der Waals surface area contributed by atoms with Gasteiger partial charge in [-0.25, -0.2) is 4.39 Å². The third kappa shape index (κ3) is 2.32. The summed E-state index contributed by atoms with van der Waals surface area (Å²) in [4.78, 5) is 0. The second-order valence-corrected chi connectivity index (χ2v) is 4.71. The SMILES string of the molecule is Cn1cc(COc2cccc(F)c2)c2ccc(O)cc21. The van der Waals surface area contributed by atoms with E-state index >= 15 is 0 Å². The summed E-state index contributed by atoms with van der Waals surface area (Å²) in [6, 6.07) is 11.3. The molecule has 0 atom stereocenters. The molecule has 2 aromatic carbocycles. The number of fused-ring (bicyclic) bond motifs is 1. The zero-order valence-electron chi connectivity index (χ0n) is 11.0. The largest absolute Gasteiger partial charge is 0.508 e. The van der Waals surface area contributed by atoms with E-state index in [0.29, 0.717) is 12.4 Å². The minimum absolute atomic E-state index is 0.233. The molecule has 0 fully saturated rings. The lowest BCUT2D eigenvalue weighted by molar-refractivity contribution is 0.306. The Morgan fingerprint density at radius 3 is 2.85 bits per heavy atom. The number of aryl methyl sites for hydroxylation is 1. The quantitative estimate of drug-likeness (QED) is 0.789. The van der Waals surface area contributed by atoms with E-state index in [1.807, 2.05) is 23.9 Å². The maximum atomic E-state index is 13.1. The number of phenolic OH excluding ortho intramolecular Hbond substituents is 1. The van der Waals surface area contributed by atoms with Gasteiger partial charge in [0.25, 0.3) is 0 Å². The molecule has 1 aromatic heterocycles. The Bertz CT molecular complexity index is 764. The first-order valence-electron chi connectivity index (χ1n) is 6.29. The van der Waals surface area contributed by atoms with E-state index in [2.05, 4.69) is 0 Å². The molecule has 0 aliphatic heterocycles. The number of hydrogen-bond donors (Lipinski definition) is 1. The third-order valence-electron chi connectivity index (χ3n) is 3.25. The highest BCUT2D eigenvalue weighted by atomic mass is 19.1. The van der Waals surface area contributed by atoms with E-state index in [1.165, 1.54) is 12.1 Å². The molecule has 0 saturated carbocycles. The Balaban J connectivity index is 1.88. The number of rotatable bonds is 3. The Hall–Kier alpha value is -2.49. The predicted molar refractivity (Wildman–Crippen MR) is 75.3 cm³/mol. The molecule has 0 saturated heterocycles. The van der Waals surface area contributed by atoms with E-state index in [4.69, 9.17) is 4.74 Å². The van der Waals surface area contributed by atoms with Gasteiger partial charge in [0.1, 0.15) is 23.9 Å². The first-order chi connectivity index (χ1) is 9.63. The Labute approximate surface area is 115 Å². The van der Waals surface area contributed by atoms with E-state index < -0.39 is 0 Å². The molecule has 3 rings (SSSR count). The molecule has 0 amide bonds. The van der Waals surface area contributed by atoms with Gasteiger partial charge in [-0.05, 0) is 24.3 Å².